The molecule has 0 spiro atoms. The van der Waals surface area contributed by atoms with Crippen LogP contribution in [0.3, 0.4) is 0 Å². The fourth-order valence-corrected chi connectivity index (χ4v) is 5.98. The molecule has 0 bridgehead atoms. The number of esters is 1. The number of rotatable bonds is 11. The largest absolute Gasteiger partial charge is 0.462 e. The molecule has 4 N–H and O–H groups in total. The molecule has 1 fully saturated rings. The quantitative estimate of drug-likeness (QED) is 0.178. The van der Waals surface area contributed by atoms with Crippen molar-refractivity contribution in [3.63, 3.8) is 0 Å². The molecule has 1 saturated heterocycles. The summed E-state index contributed by atoms with van der Waals surface area (Å²) >= 11 is 5.75. The Morgan fingerprint density at radius 2 is 1.86 bits per heavy atom. The SMILES string of the molecule is CC(C)OC(=O)[C@H](C)NP(=O)(OC[C@@]1(C(F)F)O[C@@H](n2cc(Cl)c(=O)[nH]c2=O)[C@@H](O)[C@@H]1O)Oc1ccc2ccccc2c1. The minimum absolute atomic E-state index is 0.0229. The Hall–Kier alpha value is -3.17. The third kappa shape index (κ3) is 6.99. The van der Waals surface area contributed by atoms with Crippen LogP contribution in [-0.2, 0) is 23.4 Å². The van der Waals surface area contributed by atoms with Gasteiger partial charge in [-0.3, -0.25) is 23.7 Å². The minimum Gasteiger partial charge on any atom is -0.462 e. The second-order valence-corrected chi connectivity index (χ2v) is 12.2. The standard InChI is InChI=1S/C26H29ClF2N3O10P/c1-13(2)40-23(36)14(3)31-43(38,42-17-9-8-15-6-4-5-7-16(15)10-17)39-12-26(24(28)29)20(34)19(33)22(41-26)32-11-18(27)21(35)30-25(32)37/h4-11,13-14,19-20,22,24,33-34H,12H2,1-3H3,(H,31,38)(H,30,35,37)/t14-,19-,20-,22+,26+,43?/m0/s1. The van der Waals surface area contributed by atoms with Crippen LogP contribution in [0.25, 0.3) is 10.8 Å². The number of carbonyl (C=O) groups excluding carboxylic acids is 1. The molecule has 43 heavy (non-hydrogen) atoms. The summed E-state index contributed by atoms with van der Waals surface area (Å²) in [5, 5.41) is 24.6. The van der Waals surface area contributed by atoms with Gasteiger partial charge in [0, 0.05) is 6.20 Å². The molecule has 1 aliphatic rings. The number of aliphatic hydroxyl groups is 2. The molecule has 2 heterocycles. The van der Waals surface area contributed by atoms with Crippen molar-refractivity contribution in [2.24, 2.45) is 0 Å². The number of benzene rings is 2. The van der Waals surface area contributed by atoms with E-state index in [1.54, 1.807) is 38.1 Å². The Bertz CT molecular complexity index is 1650. The molecule has 1 aromatic heterocycles. The van der Waals surface area contributed by atoms with Crippen LogP contribution < -0.4 is 20.9 Å². The fraction of sp³-hybridized carbons (Fsp3) is 0.423. The van der Waals surface area contributed by atoms with Crippen LogP contribution in [0, 0.1) is 0 Å². The Balaban J connectivity index is 1.66. The molecule has 17 heteroatoms. The summed E-state index contributed by atoms with van der Waals surface area (Å²) in [7, 11) is -4.76. The summed E-state index contributed by atoms with van der Waals surface area (Å²) in [6, 6.07) is 10.4. The number of nitrogens with one attached hydrogen (secondary N) is 2. The summed E-state index contributed by atoms with van der Waals surface area (Å²) in [4.78, 5) is 38.3. The van der Waals surface area contributed by atoms with E-state index in [4.69, 9.17) is 30.1 Å². The number of aliphatic hydroxyl groups excluding tert-OH is 2. The monoisotopic (exact) mass is 647 g/mol. The number of alkyl halides is 2. The highest BCUT2D eigenvalue weighted by atomic mass is 35.5. The molecule has 0 saturated carbocycles. The van der Waals surface area contributed by atoms with Gasteiger partial charge < -0.3 is 24.2 Å². The molecular formula is C26H29ClF2N3O10P. The molecule has 2 aromatic carbocycles. The first-order valence-corrected chi connectivity index (χ1v) is 14.8. The van der Waals surface area contributed by atoms with Gasteiger partial charge in [0.2, 0.25) is 0 Å². The van der Waals surface area contributed by atoms with Gasteiger partial charge in [0.05, 0.1) is 12.7 Å². The number of carbonyl (C=O) groups is 1. The van der Waals surface area contributed by atoms with E-state index in [0.29, 0.717) is 9.95 Å². The van der Waals surface area contributed by atoms with Crippen molar-refractivity contribution in [2.45, 2.75) is 63.4 Å². The van der Waals surface area contributed by atoms with Gasteiger partial charge in [-0.2, -0.15) is 5.09 Å². The van der Waals surface area contributed by atoms with Crippen LogP contribution in [0.1, 0.15) is 27.0 Å². The van der Waals surface area contributed by atoms with Crippen molar-refractivity contribution >= 4 is 36.1 Å². The van der Waals surface area contributed by atoms with E-state index >= 15 is 0 Å². The maximum atomic E-state index is 14.6. The first-order chi connectivity index (χ1) is 20.2. The third-order valence-electron chi connectivity index (χ3n) is 6.49. The van der Waals surface area contributed by atoms with Gasteiger partial charge in [-0.25, -0.2) is 18.1 Å². The van der Waals surface area contributed by atoms with Crippen LogP contribution in [0.2, 0.25) is 5.02 Å². The number of hydrogen-bond acceptors (Lipinski definition) is 10. The van der Waals surface area contributed by atoms with Crippen LogP contribution >= 0.6 is 19.3 Å². The van der Waals surface area contributed by atoms with Gasteiger partial charge in [0.25, 0.3) is 12.0 Å². The highest BCUT2D eigenvalue weighted by molar-refractivity contribution is 7.52. The minimum atomic E-state index is -4.76. The predicted molar refractivity (Wildman–Crippen MR) is 149 cm³/mol. The van der Waals surface area contributed by atoms with E-state index in [9.17, 15) is 37.9 Å². The average Bonchev–Trinajstić information content (AvgIpc) is 3.19. The van der Waals surface area contributed by atoms with Crippen molar-refractivity contribution in [2.75, 3.05) is 6.61 Å². The topological polar surface area (TPSA) is 178 Å². The molecular weight excluding hydrogens is 619 g/mol. The Labute approximate surface area is 247 Å². The molecule has 1 unspecified atom stereocenters. The van der Waals surface area contributed by atoms with E-state index in [1.807, 2.05) is 11.1 Å². The lowest BCUT2D eigenvalue weighted by atomic mass is 9.96. The maximum Gasteiger partial charge on any atom is 0.459 e. The zero-order chi connectivity index (χ0) is 31.7. The number of nitrogens with zero attached hydrogens (tertiary/aromatic N) is 1. The number of ether oxygens (including phenoxy) is 2. The van der Waals surface area contributed by atoms with E-state index in [2.05, 4.69) is 5.09 Å². The van der Waals surface area contributed by atoms with Gasteiger partial charge in [-0.15, -0.1) is 0 Å². The molecule has 1 aliphatic heterocycles. The van der Waals surface area contributed by atoms with E-state index < -0.39 is 79.2 Å². The Morgan fingerprint density at radius 3 is 2.51 bits per heavy atom. The normalized spacial score (nSPS) is 24.3. The maximum absolute atomic E-state index is 14.6. The van der Waals surface area contributed by atoms with Crippen molar-refractivity contribution in [1.29, 1.82) is 0 Å². The van der Waals surface area contributed by atoms with E-state index in [-0.39, 0.29) is 5.75 Å². The number of halogens is 3. The number of fused-ring (bicyclic) bond motifs is 1. The predicted octanol–water partition coefficient (Wildman–Crippen LogP) is 2.73. The van der Waals surface area contributed by atoms with Gasteiger partial charge in [0.15, 0.2) is 11.8 Å². The lowest BCUT2D eigenvalue weighted by Gasteiger charge is -2.32. The summed E-state index contributed by atoms with van der Waals surface area (Å²) in [5.74, 6) is -0.878. The molecule has 4 rings (SSSR count). The lowest BCUT2D eigenvalue weighted by Crippen LogP contribution is -2.53. The van der Waals surface area contributed by atoms with Crippen LogP contribution in [0.5, 0.6) is 5.75 Å². The third-order valence-corrected chi connectivity index (χ3v) is 8.38. The van der Waals surface area contributed by atoms with Gasteiger partial charge in [-0.1, -0.05) is 41.9 Å². The Kier molecular flexibility index (Phi) is 9.76. The van der Waals surface area contributed by atoms with E-state index in [1.165, 1.54) is 19.1 Å². The second kappa shape index (κ2) is 12.8. The van der Waals surface area contributed by atoms with Crippen molar-refractivity contribution in [3.05, 3.63) is 74.5 Å². The Morgan fingerprint density at radius 1 is 1.19 bits per heavy atom. The van der Waals surface area contributed by atoms with Gasteiger partial charge in [-0.05, 0) is 43.7 Å². The van der Waals surface area contributed by atoms with Gasteiger partial charge in [0.1, 0.15) is 29.0 Å². The summed E-state index contributed by atoms with van der Waals surface area (Å²) in [6.45, 7) is 3.08. The zero-order valence-electron chi connectivity index (χ0n) is 23.0. The van der Waals surface area contributed by atoms with Gasteiger partial charge >= 0.3 is 19.4 Å². The fourth-order valence-electron chi connectivity index (χ4n) is 4.31. The molecule has 0 amide bonds. The van der Waals surface area contributed by atoms with Crippen molar-refractivity contribution in [1.82, 2.24) is 14.6 Å². The molecule has 3 aromatic rings. The van der Waals surface area contributed by atoms with Crippen LogP contribution in [0.4, 0.5) is 8.78 Å². The smallest absolute Gasteiger partial charge is 0.459 e. The number of hydrogen-bond donors (Lipinski definition) is 4. The highest BCUT2D eigenvalue weighted by Gasteiger charge is 2.61. The second-order valence-electron chi connectivity index (χ2n) is 10.1. The molecule has 234 valence electrons. The first kappa shape index (κ1) is 32.7. The summed E-state index contributed by atoms with van der Waals surface area (Å²) in [5.41, 5.74) is -5.23. The molecule has 0 aliphatic carbocycles. The number of aromatic nitrogens is 2. The van der Waals surface area contributed by atoms with Crippen LogP contribution in [-0.4, -0.2) is 68.7 Å². The molecule has 13 nitrogen and oxygen atoms in total. The number of aromatic amines is 1. The van der Waals surface area contributed by atoms with Crippen molar-refractivity contribution < 1.29 is 46.9 Å². The molecule has 0 radical (unpaired) electrons. The average molecular weight is 648 g/mol. The van der Waals surface area contributed by atoms with Crippen LogP contribution in [0.15, 0.2) is 58.3 Å². The van der Waals surface area contributed by atoms with E-state index in [0.717, 1.165) is 11.6 Å². The lowest BCUT2D eigenvalue weighted by molar-refractivity contribution is -0.192. The zero-order valence-corrected chi connectivity index (χ0v) is 24.6. The van der Waals surface area contributed by atoms with Crippen molar-refractivity contribution in [3.8, 4) is 5.75 Å². The first-order valence-electron chi connectivity index (χ1n) is 12.9. The highest BCUT2D eigenvalue weighted by Crippen LogP contribution is 2.49. The summed E-state index contributed by atoms with van der Waals surface area (Å²) in [6.07, 6.45) is -9.93. The molecule has 6 atom stereocenters. The number of H-pyrrole nitrogens is 1. The summed E-state index contributed by atoms with van der Waals surface area (Å²) < 4.78 is 65.1.